The number of phenols is 1. The third-order valence-corrected chi connectivity index (χ3v) is 3.63. The van der Waals surface area contributed by atoms with E-state index >= 15 is 0 Å². The first kappa shape index (κ1) is 17.3. The van der Waals surface area contributed by atoms with Crippen LogP contribution < -0.4 is 16.4 Å². The first-order chi connectivity index (χ1) is 10.9. The van der Waals surface area contributed by atoms with Crippen LogP contribution in [0, 0.1) is 0 Å². The standard InChI is InChI=1S/C14H15B3N2O4/c1-19(14(21)23-6-22-2)4-3-7-5-18-12-8(7)9(15)13(20)11(17)10(12)16/h5,18,20H,3-4,6H2,1-2H3. The minimum absolute atomic E-state index is 0.0451. The number of H-pyrrole nitrogens is 1. The monoisotopic (exact) mass is 308 g/mol. The molecule has 0 unspecified atom stereocenters. The van der Waals surface area contributed by atoms with E-state index < -0.39 is 6.09 Å². The van der Waals surface area contributed by atoms with Crippen molar-refractivity contribution in [1.29, 1.82) is 0 Å². The van der Waals surface area contributed by atoms with Crippen molar-refractivity contribution >= 4 is 56.9 Å². The molecular weight excluding hydrogens is 293 g/mol. The van der Waals surface area contributed by atoms with Gasteiger partial charge in [0.25, 0.3) is 0 Å². The van der Waals surface area contributed by atoms with Gasteiger partial charge < -0.3 is 24.5 Å². The van der Waals surface area contributed by atoms with Crippen LogP contribution in [0.1, 0.15) is 5.56 Å². The summed E-state index contributed by atoms with van der Waals surface area (Å²) in [6.07, 6.45) is 1.72. The predicted octanol–water partition coefficient (Wildman–Crippen LogP) is -1.53. The fourth-order valence-electron chi connectivity index (χ4n) is 2.31. The summed E-state index contributed by atoms with van der Waals surface area (Å²) in [5, 5.41) is 10.6. The number of ether oxygens (including phenoxy) is 2. The lowest BCUT2D eigenvalue weighted by Gasteiger charge is -2.17. The van der Waals surface area contributed by atoms with Crippen molar-refractivity contribution in [2.45, 2.75) is 6.42 Å². The van der Waals surface area contributed by atoms with E-state index in [9.17, 15) is 9.90 Å². The SMILES string of the molecule is [B]c1c(O)c([B])c2c(CCN(C)C(=O)OCOC)c[nH]c2c1[B]. The number of benzene rings is 1. The Kier molecular flexibility index (Phi) is 5.31. The molecule has 0 fully saturated rings. The van der Waals surface area contributed by atoms with Crippen LogP contribution in [-0.4, -0.2) is 72.1 Å². The van der Waals surface area contributed by atoms with Gasteiger partial charge in [0.1, 0.15) is 29.3 Å². The van der Waals surface area contributed by atoms with Gasteiger partial charge in [-0.3, -0.25) is 0 Å². The number of aromatic nitrogens is 1. The molecule has 1 heterocycles. The van der Waals surface area contributed by atoms with Crippen LogP contribution in [0.2, 0.25) is 0 Å². The van der Waals surface area contributed by atoms with Crippen molar-refractivity contribution in [3.05, 3.63) is 11.8 Å². The van der Waals surface area contributed by atoms with E-state index in [0.717, 1.165) is 5.56 Å². The number of rotatable bonds is 5. The number of carbonyl (C=O) groups excluding carboxylic acids is 1. The molecule has 1 aromatic heterocycles. The fourth-order valence-corrected chi connectivity index (χ4v) is 2.31. The summed E-state index contributed by atoms with van der Waals surface area (Å²) < 4.78 is 9.52. The molecule has 2 N–H and O–H groups in total. The Morgan fingerprint density at radius 2 is 2.00 bits per heavy atom. The molecule has 0 aliphatic heterocycles. The lowest BCUT2D eigenvalue weighted by Crippen LogP contribution is -2.32. The Morgan fingerprint density at radius 3 is 2.65 bits per heavy atom. The van der Waals surface area contributed by atoms with Gasteiger partial charge in [-0.2, -0.15) is 0 Å². The fraction of sp³-hybridized carbons (Fsp3) is 0.357. The maximum Gasteiger partial charge on any atom is 0.411 e. The molecule has 0 aliphatic rings. The number of methoxy groups -OCH3 is 1. The second kappa shape index (κ2) is 7.04. The van der Waals surface area contributed by atoms with Gasteiger partial charge in [0, 0.05) is 32.4 Å². The third-order valence-electron chi connectivity index (χ3n) is 3.63. The minimum atomic E-state index is -0.494. The molecular formula is C14H15B3N2O4. The molecule has 9 heteroatoms. The van der Waals surface area contributed by atoms with Crippen molar-refractivity contribution in [1.82, 2.24) is 9.88 Å². The summed E-state index contributed by atoms with van der Waals surface area (Å²) in [7, 11) is 20.6. The summed E-state index contributed by atoms with van der Waals surface area (Å²) in [4.78, 5) is 16.1. The number of fused-ring (bicyclic) bond motifs is 1. The van der Waals surface area contributed by atoms with Crippen molar-refractivity contribution in [2.24, 2.45) is 0 Å². The quantitative estimate of drug-likeness (QED) is 0.519. The van der Waals surface area contributed by atoms with E-state index in [4.69, 9.17) is 28.3 Å². The molecule has 114 valence electrons. The molecule has 0 saturated carbocycles. The maximum atomic E-state index is 11.7. The number of aromatic amines is 1. The molecule has 1 aromatic carbocycles. The highest BCUT2D eigenvalue weighted by Gasteiger charge is 2.16. The van der Waals surface area contributed by atoms with Crippen LogP contribution in [0.5, 0.6) is 5.75 Å². The van der Waals surface area contributed by atoms with Crippen LogP contribution in [0.3, 0.4) is 0 Å². The van der Waals surface area contributed by atoms with Gasteiger partial charge in [0.05, 0.1) is 0 Å². The molecule has 2 aromatic rings. The second-order valence-corrected chi connectivity index (χ2v) is 5.14. The summed E-state index contributed by atoms with van der Waals surface area (Å²) in [6.45, 7) is 0.285. The molecule has 0 aliphatic carbocycles. The maximum absolute atomic E-state index is 11.7. The largest absolute Gasteiger partial charge is 0.509 e. The second-order valence-electron chi connectivity index (χ2n) is 5.14. The van der Waals surface area contributed by atoms with Gasteiger partial charge in [0.2, 0.25) is 0 Å². The van der Waals surface area contributed by atoms with Gasteiger partial charge in [0.15, 0.2) is 6.79 Å². The number of nitrogens with one attached hydrogen (secondary N) is 1. The Morgan fingerprint density at radius 1 is 1.30 bits per heavy atom. The number of likely N-dealkylation sites (N-methyl/N-ethyl adjacent to an activating group) is 1. The average molecular weight is 308 g/mol. The van der Waals surface area contributed by atoms with Gasteiger partial charge in [-0.1, -0.05) is 10.9 Å². The van der Waals surface area contributed by atoms with Crippen molar-refractivity contribution < 1.29 is 19.4 Å². The van der Waals surface area contributed by atoms with Gasteiger partial charge in [-0.25, -0.2) is 4.79 Å². The highest BCUT2D eigenvalue weighted by atomic mass is 16.7. The van der Waals surface area contributed by atoms with Crippen LogP contribution >= 0.6 is 0 Å². The summed E-state index contributed by atoms with van der Waals surface area (Å²) >= 11 is 0. The van der Waals surface area contributed by atoms with E-state index in [1.54, 1.807) is 13.2 Å². The number of aromatic hydroxyl groups is 1. The number of nitrogens with zero attached hydrogens (tertiary/aromatic N) is 1. The Balaban J connectivity index is 2.20. The molecule has 6 radical (unpaired) electrons. The van der Waals surface area contributed by atoms with E-state index in [0.29, 0.717) is 23.9 Å². The molecule has 0 spiro atoms. The molecule has 0 atom stereocenters. The summed E-state index contributed by atoms with van der Waals surface area (Å²) in [5.74, 6) is -0.233. The average Bonchev–Trinajstić information content (AvgIpc) is 2.97. The predicted molar refractivity (Wildman–Crippen MR) is 90.8 cm³/mol. The third kappa shape index (κ3) is 3.34. The highest BCUT2D eigenvalue weighted by molar-refractivity contribution is 6.57. The zero-order valence-corrected chi connectivity index (χ0v) is 13.0. The molecule has 0 bridgehead atoms. The number of carbonyl (C=O) groups is 1. The number of amides is 1. The van der Waals surface area contributed by atoms with E-state index in [-0.39, 0.29) is 28.9 Å². The number of hydrogen-bond donors (Lipinski definition) is 2. The molecule has 2 rings (SSSR count). The number of hydrogen-bond acceptors (Lipinski definition) is 4. The van der Waals surface area contributed by atoms with E-state index in [1.807, 2.05) is 0 Å². The summed E-state index contributed by atoms with van der Waals surface area (Å²) in [5.41, 5.74) is 1.82. The van der Waals surface area contributed by atoms with Gasteiger partial charge in [-0.15, -0.1) is 0 Å². The van der Waals surface area contributed by atoms with Crippen LogP contribution in [-0.2, 0) is 15.9 Å². The minimum Gasteiger partial charge on any atom is -0.509 e. The molecule has 23 heavy (non-hydrogen) atoms. The van der Waals surface area contributed by atoms with Gasteiger partial charge >= 0.3 is 6.09 Å². The lowest BCUT2D eigenvalue weighted by atomic mass is 9.73. The Labute approximate surface area is 138 Å². The zero-order valence-electron chi connectivity index (χ0n) is 13.0. The Bertz CT molecular complexity index is 733. The van der Waals surface area contributed by atoms with E-state index in [2.05, 4.69) is 9.72 Å². The summed E-state index contributed by atoms with van der Waals surface area (Å²) in [6, 6.07) is 0. The lowest BCUT2D eigenvalue weighted by molar-refractivity contribution is -0.00145. The smallest absolute Gasteiger partial charge is 0.411 e. The molecule has 0 saturated heterocycles. The number of phenolic OH excluding ortho intramolecular Hbond substituents is 1. The first-order valence-corrected chi connectivity index (χ1v) is 6.90. The first-order valence-electron chi connectivity index (χ1n) is 6.90. The Hall–Kier alpha value is -2.02. The highest BCUT2D eigenvalue weighted by Crippen LogP contribution is 2.18. The zero-order chi connectivity index (χ0) is 17.1. The molecule has 6 nitrogen and oxygen atoms in total. The van der Waals surface area contributed by atoms with Crippen LogP contribution in [0.25, 0.3) is 10.9 Å². The van der Waals surface area contributed by atoms with E-state index in [1.165, 1.54) is 12.0 Å². The van der Waals surface area contributed by atoms with Gasteiger partial charge in [-0.05, 0) is 22.8 Å². The van der Waals surface area contributed by atoms with Crippen molar-refractivity contribution in [3.63, 3.8) is 0 Å². The molecule has 1 amide bonds. The normalized spacial score (nSPS) is 10.9. The van der Waals surface area contributed by atoms with Crippen LogP contribution in [0.4, 0.5) is 4.79 Å². The van der Waals surface area contributed by atoms with Crippen molar-refractivity contribution in [2.75, 3.05) is 27.5 Å². The van der Waals surface area contributed by atoms with Crippen LogP contribution in [0.15, 0.2) is 6.20 Å². The van der Waals surface area contributed by atoms with Crippen molar-refractivity contribution in [3.8, 4) is 5.75 Å². The topological polar surface area (TPSA) is 74.8 Å².